The molecule has 0 saturated carbocycles. The third-order valence-electron chi connectivity index (χ3n) is 3.40. The highest BCUT2D eigenvalue weighted by Gasteiger charge is 2.13. The number of hydrogen-bond acceptors (Lipinski definition) is 5. The molecule has 0 atom stereocenters. The van der Waals surface area contributed by atoms with Crippen LogP contribution in [0.4, 0.5) is 4.39 Å². The minimum atomic E-state index is -0.247. The van der Waals surface area contributed by atoms with Crippen molar-refractivity contribution in [2.24, 2.45) is 0 Å². The first kappa shape index (κ1) is 16.1. The Morgan fingerprint density at radius 3 is 2.78 bits per heavy atom. The molecule has 0 spiro atoms. The molecule has 0 bridgehead atoms. The number of thiophene rings is 1. The number of nitrogens with zero attached hydrogens (tertiary/aromatic N) is 2. The molecule has 2 heterocycles. The van der Waals surface area contributed by atoms with Crippen molar-refractivity contribution in [3.05, 3.63) is 41.8 Å². The summed E-state index contributed by atoms with van der Waals surface area (Å²) in [5.74, 6) is 0.800. The SMILES string of the molecule is CC(=O)CCCSc1ncnc2scc(-c3ccc(F)cc3)c12. The van der Waals surface area contributed by atoms with E-state index in [1.165, 1.54) is 12.1 Å². The van der Waals surface area contributed by atoms with Gasteiger partial charge in [0.15, 0.2) is 0 Å². The van der Waals surface area contributed by atoms with Gasteiger partial charge in [0.1, 0.15) is 27.8 Å². The molecule has 0 N–H and O–H groups in total. The topological polar surface area (TPSA) is 42.9 Å². The fourth-order valence-corrected chi connectivity index (χ4v) is 4.22. The third-order valence-corrected chi connectivity index (χ3v) is 5.36. The predicted molar refractivity (Wildman–Crippen MR) is 93.4 cm³/mol. The number of halogens is 1. The summed E-state index contributed by atoms with van der Waals surface area (Å²) in [6.07, 6.45) is 3.00. The quantitative estimate of drug-likeness (QED) is 0.359. The standard InChI is InChI=1S/C17H15FN2OS2/c1-11(21)3-2-8-22-16-15-14(9-23-17(15)20-10-19-16)12-4-6-13(18)7-5-12/h4-7,9-10H,2-3,8H2,1H3. The molecular weight excluding hydrogens is 331 g/mol. The Morgan fingerprint density at radius 1 is 1.26 bits per heavy atom. The molecule has 23 heavy (non-hydrogen) atoms. The first-order chi connectivity index (χ1) is 11.1. The number of rotatable bonds is 6. The summed E-state index contributed by atoms with van der Waals surface area (Å²) >= 11 is 3.20. The van der Waals surface area contributed by atoms with Crippen LogP contribution < -0.4 is 0 Å². The van der Waals surface area contributed by atoms with Crippen LogP contribution in [0.25, 0.3) is 21.3 Å². The van der Waals surface area contributed by atoms with E-state index in [0.717, 1.165) is 38.5 Å². The van der Waals surface area contributed by atoms with Crippen molar-refractivity contribution in [2.45, 2.75) is 24.8 Å². The van der Waals surface area contributed by atoms with Crippen LogP contribution in [0.3, 0.4) is 0 Å². The molecule has 0 fully saturated rings. The van der Waals surface area contributed by atoms with E-state index in [9.17, 15) is 9.18 Å². The summed E-state index contributed by atoms with van der Waals surface area (Å²) in [5.41, 5.74) is 1.98. The van der Waals surface area contributed by atoms with Gasteiger partial charge in [-0.2, -0.15) is 0 Å². The second-order valence-electron chi connectivity index (χ2n) is 5.17. The van der Waals surface area contributed by atoms with Crippen molar-refractivity contribution in [2.75, 3.05) is 5.75 Å². The number of carbonyl (C=O) groups is 1. The van der Waals surface area contributed by atoms with Gasteiger partial charge < -0.3 is 4.79 Å². The van der Waals surface area contributed by atoms with Crippen LogP contribution in [-0.4, -0.2) is 21.5 Å². The van der Waals surface area contributed by atoms with Gasteiger partial charge in [0.25, 0.3) is 0 Å². The maximum atomic E-state index is 13.1. The Morgan fingerprint density at radius 2 is 2.04 bits per heavy atom. The van der Waals surface area contributed by atoms with Gasteiger partial charge in [0, 0.05) is 17.4 Å². The van der Waals surface area contributed by atoms with E-state index >= 15 is 0 Å². The number of thioether (sulfide) groups is 1. The monoisotopic (exact) mass is 346 g/mol. The van der Waals surface area contributed by atoms with Crippen LogP contribution >= 0.6 is 23.1 Å². The van der Waals surface area contributed by atoms with E-state index in [-0.39, 0.29) is 11.6 Å². The van der Waals surface area contributed by atoms with E-state index in [0.29, 0.717) is 6.42 Å². The van der Waals surface area contributed by atoms with Gasteiger partial charge in [-0.3, -0.25) is 0 Å². The average molecular weight is 346 g/mol. The zero-order valence-corrected chi connectivity index (χ0v) is 14.2. The van der Waals surface area contributed by atoms with Gasteiger partial charge in [-0.25, -0.2) is 14.4 Å². The summed E-state index contributed by atoms with van der Waals surface area (Å²) in [6, 6.07) is 6.46. The number of aromatic nitrogens is 2. The molecule has 0 amide bonds. The molecule has 0 saturated heterocycles. The molecule has 6 heteroatoms. The minimum Gasteiger partial charge on any atom is -0.300 e. The molecule has 3 rings (SSSR count). The number of carbonyl (C=O) groups excluding carboxylic acids is 1. The number of Topliss-reactive ketones (excluding diaryl/α,β-unsaturated/α-hetero) is 1. The highest BCUT2D eigenvalue weighted by molar-refractivity contribution is 7.99. The van der Waals surface area contributed by atoms with Crippen LogP contribution in [0.2, 0.25) is 0 Å². The highest BCUT2D eigenvalue weighted by Crippen LogP contribution is 2.38. The smallest absolute Gasteiger partial charge is 0.129 e. The fraction of sp³-hybridized carbons (Fsp3) is 0.235. The van der Waals surface area contributed by atoms with Crippen LogP contribution in [-0.2, 0) is 4.79 Å². The molecule has 0 radical (unpaired) electrons. The minimum absolute atomic E-state index is 0.209. The van der Waals surface area contributed by atoms with Gasteiger partial charge in [-0.15, -0.1) is 23.1 Å². The van der Waals surface area contributed by atoms with E-state index < -0.39 is 0 Å². The van der Waals surface area contributed by atoms with Crippen molar-refractivity contribution in [3.8, 4) is 11.1 Å². The van der Waals surface area contributed by atoms with Crippen LogP contribution in [0.15, 0.2) is 41.0 Å². The van der Waals surface area contributed by atoms with E-state index in [1.807, 2.05) is 5.38 Å². The second kappa shape index (κ2) is 7.19. The van der Waals surface area contributed by atoms with Crippen molar-refractivity contribution < 1.29 is 9.18 Å². The van der Waals surface area contributed by atoms with Crippen LogP contribution in [0.5, 0.6) is 0 Å². The maximum absolute atomic E-state index is 13.1. The summed E-state index contributed by atoms with van der Waals surface area (Å²) in [6.45, 7) is 1.61. The molecule has 0 aliphatic rings. The van der Waals surface area contributed by atoms with Gasteiger partial charge in [-0.1, -0.05) is 12.1 Å². The first-order valence-corrected chi connectivity index (χ1v) is 9.12. The van der Waals surface area contributed by atoms with Crippen LogP contribution in [0.1, 0.15) is 19.8 Å². The van der Waals surface area contributed by atoms with Gasteiger partial charge >= 0.3 is 0 Å². The largest absolute Gasteiger partial charge is 0.300 e. The predicted octanol–water partition coefficient (Wildman–Crippen LogP) is 4.96. The first-order valence-electron chi connectivity index (χ1n) is 7.25. The summed E-state index contributed by atoms with van der Waals surface area (Å²) < 4.78 is 13.1. The molecule has 0 aliphatic heterocycles. The molecule has 3 nitrogen and oxygen atoms in total. The van der Waals surface area contributed by atoms with Gasteiger partial charge in [-0.05, 0) is 36.8 Å². The van der Waals surface area contributed by atoms with Crippen molar-refractivity contribution in [1.29, 1.82) is 0 Å². The Bertz CT molecular complexity index is 830. The lowest BCUT2D eigenvalue weighted by molar-refractivity contribution is -0.117. The summed E-state index contributed by atoms with van der Waals surface area (Å²) in [5, 5.41) is 3.96. The van der Waals surface area contributed by atoms with E-state index in [1.54, 1.807) is 48.5 Å². The van der Waals surface area contributed by atoms with Crippen molar-refractivity contribution in [3.63, 3.8) is 0 Å². The molecule has 3 aromatic rings. The lowest BCUT2D eigenvalue weighted by atomic mass is 10.1. The van der Waals surface area contributed by atoms with Crippen molar-refractivity contribution in [1.82, 2.24) is 9.97 Å². The van der Waals surface area contributed by atoms with E-state index in [2.05, 4.69) is 9.97 Å². The fourth-order valence-electron chi connectivity index (χ4n) is 2.29. The lowest BCUT2D eigenvalue weighted by Gasteiger charge is -2.05. The number of benzene rings is 1. The van der Waals surface area contributed by atoms with E-state index in [4.69, 9.17) is 0 Å². The molecular formula is C17H15FN2OS2. The lowest BCUT2D eigenvalue weighted by Crippen LogP contribution is -1.92. The van der Waals surface area contributed by atoms with Crippen LogP contribution in [0, 0.1) is 5.82 Å². The number of hydrogen-bond donors (Lipinski definition) is 0. The Hall–Kier alpha value is -1.79. The molecule has 1 aromatic carbocycles. The number of fused-ring (bicyclic) bond motifs is 1. The zero-order chi connectivity index (χ0) is 16.2. The molecule has 118 valence electrons. The highest BCUT2D eigenvalue weighted by atomic mass is 32.2. The molecule has 0 unspecified atom stereocenters. The Balaban J connectivity index is 1.91. The second-order valence-corrected chi connectivity index (χ2v) is 7.11. The zero-order valence-electron chi connectivity index (χ0n) is 12.6. The molecule has 0 aliphatic carbocycles. The Labute approximate surface area is 142 Å². The average Bonchev–Trinajstić information content (AvgIpc) is 2.97. The van der Waals surface area contributed by atoms with Crippen molar-refractivity contribution >= 4 is 39.1 Å². The van der Waals surface area contributed by atoms with Gasteiger partial charge in [0.2, 0.25) is 0 Å². The van der Waals surface area contributed by atoms with Gasteiger partial charge in [0.05, 0.1) is 5.39 Å². The summed E-state index contributed by atoms with van der Waals surface area (Å²) in [7, 11) is 0. The molecule has 2 aromatic heterocycles. The summed E-state index contributed by atoms with van der Waals surface area (Å²) in [4.78, 5) is 20.7. The number of ketones is 1. The normalized spacial score (nSPS) is 11.0. The third kappa shape index (κ3) is 3.76. The maximum Gasteiger partial charge on any atom is 0.129 e. The Kier molecular flexibility index (Phi) is 5.03.